The van der Waals surface area contributed by atoms with Gasteiger partial charge in [-0.15, -0.1) is 0 Å². The molecule has 26 heavy (non-hydrogen) atoms. The zero-order valence-electron chi connectivity index (χ0n) is 12.9. The monoisotopic (exact) mass is 418 g/mol. The van der Waals surface area contributed by atoms with Crippen molar-refractivity contribution in [2.45, 2.75) is 0 Å². The highest BCUT2D eigenvalue weighted by molar-refractivity contribution is 7.17. The van der Waals surface area contributed by atoms with Gasteiger partial charge in [0.1, 0.15) is 5.56 Å². The molecule has 4 rings (SSSR count). The van der Waals surface area contributed by atoms with Crippen LogP contribution in [0.3, 0.4) is 0 Å². The number of hydrogen-bond acceptors (Lipinski definition) is 5. The molecule has 2 heterocycles. The normalized spacial score (nSPS) is 11.2. The van der Waals surface area contributed by atoms with Crippen molar-refractivity contribution in [3.05, 3.63) is 88.8 Å². The number of rotatable bonds is 2. The van der Waals surface area contributed by atoms with Crippen molar-refractivity contribution in [3.63, 3.8) is 0 Å². The first-order valence-corrected chi connectivity index (χ1v) is 9.84. The Balaban J connectivity index is 1.98. The third-order valence-corrected chi connectivity index (χ3v) is 6.51. The molecule has 0 saturated heterocycles. The van der Waals surface area contributed by atoms with Gasteiger partial charge in [0.25, 0.3) is 0 Å². The van der Waals surface area contributed by atoms with Crippen LogP contribution in [-0.4, -0.2) is 5.78 Å². The number of carbonyl (C=O) groups is 1. The minimum atomic E-state index is -0.662. The molecule has 0 aliphatic rings. The van der Waals surface area contributed by atoms with Gasteiger partial charge in [0.2, 0.25) is 15.3 Å². The summed E-state index contributed by atoms with van der Waals surface area (Å²) in [4.78, 5) is 37.9. The average Bonchev–Trinajstić information content (AvgIpc) is 2.61. The second-order valence-corrected chi connectivity index (χ2v) is 8.38. The standard InChI is InChI=1S/C19H8Cl2O3S2/c20-10-5-6-13-9(7-10)8-12(18(23)25-13)17(22)15-16(21)11-3-1-2-4-14(11)26-19(15)24/h1-8H. The van der Waals surface area contributed by atoms with Gasteiger partial charge in [0, 0.05) is 19.8 Å². The summed E-state index contributed by atoms with van der Waals surface area (Å²) in [5.74, 6) is -0.662. The smallest absolute Gasteiger partial charge is 0.245 e. The lowest BCUT2D eigenvalue weighted by molar-refractivity contribution is 0.103. The van der Waals surface area contributed by atoms with Gasteiger partial charge in [-0.3, -0.25) is 14.4 Å². The van der Waals surface area contributed by atoms with Crippen molar-refractivity contribution in [2.24, 2.45) is 0 Å². The Bertz CT molecular complexity index is 1320. The molecule has 0 radical (unpaired) electrons. The second-order valence-electron chi connectivity index (χ2n) is 5.53. The third-order valence-electron chi connectivity index (χ3n) is 3.92. The van der Waals surface area contributed by atoms with E-state index in [1.807, 2.05) is 0 Å². The molecule has 3 nitrogen and oxygen atoms in total. The summed E-state index contributed by atoms with van der Waals surface area (Å²) in [6.07, 6.45) is 0. The largest absolute Gasteiger partial charge is 0.288 e. The van der Waals surface area contributed by atoms with Crippen LogP contribution >= 0.6 is 45.9 Å². The minimum absolute atomic E-state index is 0.0740. The fourth-order valence-electron chi connectivity index (χ4n) is 2.69. The molecule has 4 aromatic rings. The first-order chi connectivity index (χ1) is 12.5. The van der Waals surface area contributed by atoms with Crippen LogP contribution in [0.15, 0.2) is 58.1 Å². The highest BCUT2D eigenvalue weighted by Gasteiger charge is 2.22. The van der Waals surface area contributed by atoms with Crippen LogP contribution in [0.5, 0.6) is 0 Å². The van der Waals surface area contributed by atoms with Crippen molar-refractivity contribution >= 4 is 71.8 Å². The van der Waals surface area contributed by atoms with Crippen molar-refractivity contribution in [2.75, 3.05) is 0 Å². The Morgan fingerprint density at radius 1 is 0.846 bits per heavy atom. The molecule has 7 heteroatoms. The molecular weight excluding hydrogens is 411 g/mol. The van der Waals surface area contributed by atoms with Gasteiger partial charge in [0.15, 0.2) is 0 Å². The number of halogens is 2. The molecule has 0 amide bonds. The van der Waals surface area contributed by atoms with Crippen LogP contribution < -0.4 is 9.48 Å². The lowest BCUT2D eigenvalue weighted by Gasteiger charge is -2.06. The van der Waals surface area contributed by atoms with Gasteiger partial charge in [-0.05, 0) is 35.7 Å². The van der Waals surface area contributed by atoms with Crippen LogP contribution in [0.2, 0.25) is 10.0 Å². The van der Waals surface area contributed by atoms with E-state index < -0.39 is 15.3 Å². The van der Waals surface area contributed by atoms with E-state index in [0.29, 0.717) is 25.2 Å². The van der Waals surface area contributed by atoms with E-state index in [0.717, 1.165) is 22.7 Å². The van der Waals surface area contributed by atoms with E-state index in [-0.39, 0.29) is 16.1 Å². The van der Waals surface area contributed by atoms with Crippen LogP contribution in [-0.2, 0) is 0 Å². The molecule has 0 bridgehead atoms. The second kappa shape index (κ2) is 6.59. The highest BCUT2D eigenvalue weighted by atomic mass is 35.5. The Kier molecular flexibility index (Phi) is 4.40. The molecule has 0 aliphatic heterocycles. The summed E-state index contributed by atoms with van der Waals surface area (Å²) in [7, 11) is 0. The lowest BCUT2D eigenvalue weighted by Crippen LogP contribution is -2.19. The number of ketones is 1. The fraction of sp³-hybridized carbons (Fsp3) is 0. The minimum Gasteiger partial charge on any atom is -0.288 e. The molecule has 0 saturated carbocycles. The Morgan fingerprint density at radius 2 is 1.58 bits per heavy atom. The van der Waals surface area contributed by atoms with Crippen molar-refractivity contribution < 1.29 is 4.79 Å². The van der Waals surface area contributed by atoms with Gasteiger partial charge >= 0.3 is 0 Å². The molecule has 0 atom stereocenters. The molecule has 0 fully saturated rings. The fourth-order valence-corrected chi connectivity index (χ4v) is 5.08. The SMILES string of the molecule is O=C(c1cc2cc(Cl)ccc2sc1=O)c1c(Cl)c2ccccc2sc1=O. The summed E-state index contributed by atoms with van der Waals surface area (Å²) >= 11 is 14.2. The topological polar surface area (TPSA) is 51.2 Å². The van der Waals surface area contributed by atoms with Crippen LogP contribution in [0.25, 0.3) is 20.2 Å². The number of carbonyl (C=O) groups excluding carboxylic acids is 1. The van der Waals surface area contributed by atoms with Gasteiger partial charge < -0.3 is 0 Å². The molecule has 128 valence electrons. The molecule has 2 aromatic heterocycles. The van der Waals surface area contributed by atoms with Crippen LogP contribution in [0.1, 0.15) is 15.9 Å². The Morgan fingerprint density at radius 3 is 2.38 bits per heavy atom. The number of benzene rings is 2. The number of fused-ring (bicyclic) bond motifs is 2. The van der Waals surface area contributed by atoms with Crippen LogP contribution in [0.4, 0.5) is 0 Å². The molecule has 2 aromatic carbocycles. The maximum atomic E-state index is 13.0. The van der Waals surface area contributed by atoms with Crippen molar-refractivity contribution in [1.29, 1.82) is 0 Å². The predicted molar refractivity (Wildman–Crippen MR) is 110 cm³/mol. The maximum absolute atomic E-state index is 13.0. The molecule has 0 unspecified atom stereocenters. The van der Waals surface area contributed by atoms with E-state index in [2.05, 4.69) is 0 Å². The third kappa shape index (κ3) is 2.87. The summed E-state index contributed by atoms with van der Waals surface area (Å²) in [6, 6.07) is 13.6. The molecule has 0 N–H and O–H groups in total. The molecule has 0 spiro atoms. The predicted octanol–water partition coefficient (Wildman–Crippen LogP) is 5.37. The lowest BCUT2D eigenvalue weighted by atomic mass is 10.1. The zero-order valence-corrected chi connectivity index (χ0v) is 16.1. The van der Waals surface area contributed by atoms with E-state index in [4.69, 9.17) is 23.2 Å². The Hall–Kier alpha value is -2.05. The first-order valence-electron chi connectivity index (χ1n) is 7.45. The van der Waals surface area contributed by atoms with E-state index in [9.17, 15) is 14.4 Å². The zero-order chi connectivity index (χ0) is 18.4. The van der Waals surface area contributed by atoms with Crippen LogP contribution in [0, 0.1) is 0 Å². The van der Waals surface area contributed by atoms with Gasteiger partial charge in [-0.25, -0.2) is 0 Å². The van der Waals surface area contributed by atoms with Gasteiger partial charge in [0.05, 0.1) is 10.6 Å². The number of hydrogen-bond donors (Lipinski definition) is 0. The van der Waals surface area contributed by atoms with E-state index in [1.54, 1.807) is 42.5 Å². The quantitative estimate of drug-likeness (QED) is 0.410. The first kappa shape index (κ1) is 17.4. The molecular formula is C19H8Cl2O3S2. The van der Waals surface area contributed by atoms with Crippen molar-refractivity contribution in [1.82, 2.24) is 0 Å². The van der Waals surface area contributed by atoms with E-state index in [1.165, 1.54) is 6.07 Å². The molecule has 0 aliphatic carbocycles. The summed E-state index contributed by atoms with van der Waals surface area (Å²) < 4.78 is 0.521. The van der Waals surface area contributed by atoms with Crippen molar-refractivity contribution in [3.8, 4) is 0 Å². The van der Waals surface area contributed by atoms with Gasteiger partial charge in [-0.1, -0.05) is 64.1 Å². The van der Waals surface area contributed by atoms with Gasteiger partial charge in [-0.2, -0.15) is 0 Å². The summed E-state index contributed by atoms with van der Waals surface area (Å²) in [6.45, 7) is 0. The summed E-state index contributed by atoms with van der Waals surface area (Å²) in [5, 5.41) is 1.85. The maximum Gasteiger partial charge on any atom is 0.245 e. The highest BCUT2D eigenvalue weighted by Crippen LogP contribution is 2.29. The van der Waals surface area contributed by atoms with E-state index >= 15 is 0 Å². The average molecular weight is 419 g/mol. The summed E-state index contributed by atoms with van der Waals surface area (Å²) in [5.41, 5.74) is -0.243. The Labute approximate surface area is 165 Å².